The molecule has 3 rings (SSSR count). The number of hydrogen-bond acceptors (Lipinski definition) is 4. The fourth-order valence-corrected chi connectivity index (χ4v) is 3.43. The zero-order valence-electron chi connectivity index (χ0n) is 14.2. The predicted octanol–water partition coefficient (Wildman–Crippen LogP) is 1.21. The van der Waals surface area contributed by atoms with Gasteiger partial charge in [0.05, 0.1) is 6.61 Å². The third-order valence-corrected chi connectivity index (χ3v) is 4.90. The number of carbonyl (C=O) groups excluding carboxylic acids is 2. The average molecular weight is 346 g/mol. The lowest BCUT2D eigenvalue weighted by Crippen LogP contribution is -2.48. The average Bonchev–Trinajstić information content (AvgIpc) is 2.62. The van der Waals surface area contributed by atoms with Crippen LogP contribution >= 0.6 is 0 Å². The largest absolute Gasteiger partial charge is 0.480 e. The van der Waals surface area contributed by atoms with E-state index >= 15 is 0 Å². The summed E-state index contributed by atoms with van der Waals surface area (Å²) in [6.07, 6.45) is 2.50. The van der Waals surface area contributed by atoms with E-state index in [0.29, 0.717) is 38.0 Å². The van der Waals surface area contributed by atoms with Gasteiger partial charge in [0, 0.05) is 37.2 Å². The maximum Gasteiger partial charge on any atom is 0.326 e. The van der Waals surface area contributed by atoms with Crippen molar-refractivity contribution in [3.63, 3.8) is 0 Å². The molecule has 1 fully saturated rings. The summed E-state index contributed by atoms with van der Waals surface area (Å²) in [6, 6.07) is 4.14. The molecule has 2 unspecified atom stereocenters. The van der Waals surface area contributed by atoms with E-state index in [-0.39, 0.29) is 11.8 Å². The topological polar surface area (TPSA) is 95.9 Å². The highest BCUT2D eigenvalue weighted by molar-refractivity contribution is 6.00. The molecule has 7 nitrogen and oxygen atoms in total. The third kappa shape index (κ3) is 3.66. The van der Waals surface area contributed by atoms with Crippen LogP contribution in [0.5, 0.6) is 0 Å². The van der Waals surface area contributed by atoms with Gasteiger partial charge in [-0.25, -0.2) is 4.79 Å². The number of fused-ring (bicyclic) bond motifs is 1. The van der Waals surface area contributed by atoms with Gasteiger partial charge < -0.3 is 20.1 Å². The smallest absolute Gasteiger partial charge is 0.326 e. The number of amides is 2. The van der Waals surface area contributed by atoms with Gasteiger partial charge in [-0.1, -0.05) is 0 Å². The minimum atomic E-state index is -1.05. The number of anilines is 1. The van der Waals surface area contributed by atoms with Crippen molar-refractivity contribution in [3.05, 3.63) is 29.3 Å². The lowest BCUT2D eigenvalue weighted by atomic mass is 9.93. The Hall–Kier alpha value is -2.41. The molecule has 2 aliphatic heterocycles. The minimum absolute atomic E-state index is 0.0490. The van der Waals surface area contributed by atoms with Crippen molar-refractivity contribution in [3.8, 4) is 0 Å². The lowest BCUT2D eigenvalue weighted by Gasteiger charge is -2.28. The Morgan fingerprint density at radius 2 is 2.16 bits per heavy atom. The van der Waals surface area contributed by atoms with Crippen molar-refractivity contribution in [2.75, 3.05) is 25.2 Å². The molecule has 2 heterocycles. The molecule has 134 valence electrons. The molecule has 1 saturated heterocycles. The second kappa shape index (κ2) is 7.23. The normalized spacial score (nSPS) is 21.4. The number of hydrogen-bond donors (Lipinski definition) is 2. The number of rotatable bonds is 4. The summed E-state index contributed by atoms with van der Waals surface area (Å²) >= 11 is 0. The molecule has 2 N–H and O–H groups in total. The van der Waals surface area contributed by atoms with Gasteiger partial charge in [0.2, 0.25) is 5.91 Å². The number of carboxylic acids is 1. The van der Waals surface area contributed by atoms with Crippen molar-refractivity contribution in [2.24, 2.45) is 5.92 Å². The molecular weight excluding hydrogens is 324 g/mol. The number of nitrogens with zero attached hydrogens (tertiary/aromatic N) is 1. The van der Waals surface area contributed by atoms with E-state index in [9.17, 15) is 19.5 Å². The summed E-state index contributed by atoms with van der Waals surface area (Å²) < 4.78 is 5.34. The first kappa shape index (κ1) is 17.4. The molecule has 7 heteroatoms. The Balaban J connectivity index is 1.76. The van der Waals surface area contributed by atoms with Crippen LogP contribution in [0.2, 0.25) is 0 Å². The Bertz CT molecular complexity index is 697. The van der Waals surface area contributed by atoms with E-state index in [1.165, 1.54) is 0 Å². The molecule has 1 aromatic rings. The van der Waals surface area contributed by atoms with Gasteiger partial charge >= 0.3 is 5.97 Å². The first-order valence-electron chi connectivity index (χ1n) is 8.48. The van der Waals surface area contributed by atoms with Crippen molar-refractivity contribution >= 4 is 23.5 Å². The quantitative estimate of drug-likeness (QED) is 0.854. The van der Waals surface area contributed by atoms with Crippen LogP contribution in [0, 0.1) is 5.92 Å². The van der Waals surface area contributed by atoms with Crippen LogP contribution in [-0.2, 0) is 20.7 Å². The SMILES string of the molecule is CN1C(=O)CCc2cc(C(=O)NC(C(=O)O)C3CCCOC3)ccc21. The number of aliphatic carboxylic acids is 1. The van der Waals surface area contributed by atoms with Gasteiger partial charge in [0.1, 0.15) is 6.04 Å². The van der Waals surface area contributed by atoms with Crippen molar-refractivity contribution in [2.45, 2.75) is 31.7 Å². The molecule has 2 atom stereocenters. The van der Waals surface area contributed by atoms with Gasteiger partial charge in [-0.2, -0.15) is 0 Å². The van der Waals surface area contributed by atoms with Gasteiger partial charge in [0.15, 0.2) is 0 Å². The monoisotopic (exact) mass is 346 g/mol. The van der Waals surface area contributed by atoms with E-state index in [0.717, 1.165) is 17.7 Å². The van der Waals surface area contributed by atoms with E-state index in [1.54, 1.807) is 30.1 Å². The highest BCUT2D eigenvalue weighted by Crippen LogP contribution is 2.27. The standard InChI is InChI=1S/C18H22N2O5/c1-20-14-6-4-12(9-11(14)5-7-15(20)21)17(22)19-16(18(23)24)13-3-2-8-25-10-13/h4,6,9,13,16H,2-3,5,7-8,10H2,1H3,(H,19,22)(H,23,24). The highest BCUT2D eigenvalue weighted by Gasteiger charge is 2.32. The first-order valence-corrected chi connectivity index (χ1v) is 8.48. The fourth-order valence-electron chi connectivity index (χ4n) is 3.43. The van der Waals surface area contributed by atoms with Crippen molar-refractivity contribution < 1.29 is 24.2 Å². The van der Waals surface area contributed by atoms with Crippen LogP contribution in [0.15, 0.2) is 18.2 Å². The summed E-state index contributed by atoms with van der Waals surface area (Å²) in [5, 5.41) is 12.1. The Labute approximate surface area is 146 Å². The van der Waals surface area contributed by atoms with Crippen LogP contribution in [0.4, 0.5) is 5.69 Å². The number of ether oxygens (including phenoxy) is 1. The first-order chi connectivity index (χ1) is 12.0. The molecule has 0 radical (unpaired) electrons. The maximum absolute atomic E-state index is 12.5. The van der Waals surface area contributed by atoms with Crippen LogP contribution in [0.3, 0.4) is 0 Å². The number of carboxylic acid groups (broad SMARTS) is 1. The second-order valence-electron chi connectivity index (χ2n) is 6.56. The molecule has 2 amide bonds. The second-order valence-corrected chi connectivity index (χ2v) is 6.56. The third-order valence-electron chi connectivity index (χ3n) is 4.90. The van der Waals surface area contributed by atoms with Gasteiger partial charge in [-0.05, 0) is 43.0 Å². The molecule has 2 aliphatic rings. The molecule has 0 spiro atoms. The van der Waals surface area contributed by atoms with Crippen LogP contribution in [-0.4, -0.2) is 49.2 Å². The summed E-state index contributed by atoms with van der Waals surface area (Å²) in [5.74, 6) is -1.64. The number of carbonyl (C=O) groups is 3. The minimum Gasteiger partial charge on any atom is -0.480 e. The number of benzene rings is 1. The number of nitrogens with one attached hydrogen (secondary N) is 1. The zero-order valence-corrected chi connectivity index (χ0v) is 14.2. The van der Waals surface area contributed by atoms with Crippen molar-refractivity contribution in [1.82, 2.24) is 5.32 Å². The van der Waals surface area contributed by atoms with Gasteiger partial charge in [-0.15, -0.1) is 0 Å². The highest BCUT2D eigenvalue weighted by atomic mass is 16.5. The van der Waals surface area contributed by atoms with E-state index in [2.05, 4.69) is 5.32 Å². The summed E-state index contributed by atoms with van der Waals surface area (Å²) in [5.41, 5.74) is 2.12. The van der Waals surface area contributed by atoms with Crippen LogP contribution in [0.1, 0.15) is 35.2 Å². The Kier molecular flexibility index (Phi) is 5.03. The van der Waals surface area contributed by atoms with Crippen LogP contribution < -0.4 is 10.2 Å². The van der Waals surface area contributed by atoms with E-state index in [4.69, 9.17) is 4.74 Å². The van der Waals surface area contributed by atoms with Gasteiger partial charge in [-0.3, -0.25) is 9.59 Å². The van der Waals surface area contributed by atoms with Crippen LogP contribution in [0.25, 0.3) is 0 Å². The maximum atomic E-state index is 12.5. The molecule has 1 aromatic carbocycles. The molecule has 0 aromatic heterocycles. The summed E-state index contributed by atoms with van der Waals surface area (Å²) in [4.78, 5) is 37.4. The van der Waals surface area contributed by atoms with Gasteiger partial charge in [0.25, 0.3) is 5.91 Å². The molecule has 25 heavy (non-hydrogen) atoms. The summed E-state index contributed by atoms with van der Waals surface area (Å²) in [7, 11) is 1.71. The summed E-state index contributed by atoms with van der Waals surface area (Å²) in [6.45, 7) is 0.974. The number of aryl methyl sites for hydroxylation is 1. The predicted molar refractivity (Wildman–Crippen MR) is 90.6 cm³/mol. The van der Waals surface area contributed by atoms with E-state index < -0.39 is 17.9 Å². The molecule has 0 aliphatic carbocycles. The molecule has 0 saturated carbocycles. The Morgan fingerprint density at radius 3 is 2.84 bits per heavy atom. The van der Waals surface area contributed by atoms with E-state index in [1.807, 2.05) is 0 Å². The zero-order chi connectivity index (χ0) is 18.0. The fraction of sp³-hybridized carbons (Fsp3) is 0.500. The van der Waals surface area contributed by atoms with Crippen molar-refractivity contribution in [1.29, 1.82) is 0 Å². The lowest BCUT2D eigenvalue weighted by molar-refractivity contribution is -0.142. The molecule has 0 bridgehead atoms. The Morgan fingerprint density at radius 1 is 1.36 bits per heavy atom. The molecular formula is C18H22N2O5.